The van der Waals surface area contributed by atoms with Crippen molar-refractivity contribution < 1.29 is 9.26 Å². The van der Waals surface area contributed by atoms with E-state index in [0.29, 0.717) is 11.7 Å². The van der Waals surface area contributed by atoms with Gasteiger partial charge in [0.1, 0.15) is 5.76 Å². The first-order valence-electron chi connectivity index (χ1n) is 5.64. The van der Waals surface area contributed by atoms with E-state index in [1.54, 1.807) is 0 Å². The fraction of sp³-hybridized carbons (Fsp3) is 0.727. The highest BCUT2D eigenvalue weighted by molar-refractivity contribution is 5.41. The number of rotatable bonds is 3. The summed E-state index contributed by atoms with van der Waals surface area (Å²) >= 11 is 0. The molecule has 0 spiro atoms. The Bertz CT molecular complexity index is 316. The topological polar surface area (TPSA) is 61.3 Å². The van der Waals surface area contributed by atoms with Gasteiger partial charge in [-0.05, 0) is 19.3 Å². The number of nitrogen functional groups attached to an aromatic ring is 1. The second kappa shape index (κ2) is 4.66. The molecule has 1 atom stereocenters. The van der Waals surface area contributed by atoms with Gasteiger partial charge >= 0.3 is 0 Å². The van der Waals surface area contributed by atoms with Gasteiger partial charge in [-0.25, -0.2) is 0 Å². The van der Waals surface area contributed by atoms with E-state index in [4.69, 9.17) is 15.0 Å². The van der Waals surface area contributed by atoms with E-state index in [2.05, 4.69) is 12.1 Å². The quantitative estimate of drug-likeness (QED) is 0.830. The summed E-state index contributed by atoms with van der Waals surface area (Å²) in [6.07, 6.45) is 4.22. The van der Waals surface area contributed by atoms with E-state index in [1.165, 1.54) is 0 Å². The van der Waals surface area contributed by atoms with Crippen molar-refractivity contribution in [1.29, 1.82) is 0 Å². The highest BCUT2D eigenvalue weighted by Crippen LogP contribution is 2.31. The van der Waals surface area contributed by atoms with Crippen LogP contribution in [0.5, 0.6) is 0 Å². The SMILES string of the molecule is CCCc1c(N)noc1C1CCCOC1. The molecule has 0 saturated carbocycles. The first-order chi connectivity index (χ1) is 7.33. The fourth-order valence-electron chi connectivity index (χ4n) is 2.10. The average molecular weight is 210 g/mol. The van der Waals surface area contributed by atoms with Crippen molar-refractivity contribution in [2.24, 2.45) is 0 Å². The van der Waals surface area contributed by atoms with Gasteiger partial charge in [-0.15, -0.1) is 0 Å². The summed E-state index contributed by atoms with van der Waals surface area (Å²) in [6, 6.07) is 0. The van der Waals surface area contributed by atoms with E-state index in [0.717, 1.165) is 50.2 Å². The lowest BCUT2D eigenvalue weighted by atomic mass is 9.95. The van der Waals surface area contributed by atoms with Crippen LogP contribution in [0.3, 0.4) is 0 Å². The van der Waals surface area contributed by atoms with Gasteiger partial charge in [0, 0.05) is 18.1 Å². The molecular formula is C11H18N2O2. The molecule has 2 rings (SSSR count). The van der Waals surface area contributed by atoms with Crippen LogP contribution >= 0.6 is 0 Å². The van der Waals surface area contributed by atoms with Crippen molar-refractivity contribution in [2.45, 2.75) is 38.5 Å². The third-order valence-electron chi connectivity index (χ3n) is 2.88. The molecule has 4 heteroatoms. The smallest absolute Gasteiger partial charge is 0.170 e. The number of anilines is 1. The van der Waals surface area contributed by atoms with Crippen LogP contribution in [0, 0.1) is 0 Å². The number of aromatic nitrogens is 1. The maximum absolute atomic E-state index is 5.79. The maximum atomic E-state index is 5.79. The maximum Gasteiger partial charge on any atom is 0.170 e. The Balaban J connectivity index is 2.18. The van der Waals surface area contributed by atoms with E-state index in [-0.39, 0.29) is 0 Å². The van der Waals surface area contributed by atoms with Gasteiger partial charge in [0.15, 0.2) is 5.82 Å². The Kier molecular flexibility index (Phi) is 3.26. The molecule has 1 aromatic rings. The summed E-state index contributed by atoms with van der Waals surface area (Å²) in [5.74, 6) is 1.86. The zero-order chi connectivity index (χ0) is 10.7. The molecule has 1 aliphatic heterocycles. The van der Waals surface area contributed by atoms with Crippen molar-refractivity contribution >= 4 is 5.82 Å². The van der Waals surface area contributed by atoms with E-state index in [1.807, 2.05) is 0 Å². The molecule has 84 valence electrons. The van der Waals surface area contributed by atoms with Crippen LogP contribution < -0.4 is 5.73 Å². The van der Waals surface area contributed by atoms with E-state index in [9.17, 15) is 0 Å². The minimum atomic E-state index is 0.352. The van der Waals surface area contributed by atoms with Gasteiger partial charge in [0.05, 0.1) is 6.61 Å². The highest BCUT2D eigenvalue weighted by atomic mass is 16.5. The first-order valence-corrected chi connectivity index (χ1v) is 5.64. The van der Waals surface area contributed by atoms with Crippen molar-refractivity contribution in [1.82, 2.24) is 5.16 Å². The highest BCUT2D eigenvalue weighted by Gasteiger charge is 2.24. The van der Waals surface area contributed by atoms with Crippen LogP contribution in [0.25, 0.3) is 0 Å². The lowest BCUT2D eigenvalue weighted by Gasteiger charge is -2.20. The van der Waals surface area contributed by atoms with Crippen LogP contribution in [-0.2, 0) is 11.2 Å². The largest absolute Gasteiger partial charge is 0.381 e. The van der Waals surface area contributed by atoms with Gasteiger partial charge in [-0.2, -0.15) is 0 Å². The monoisotopic (exact) mass is 210 g/mol. The third-order valence-corrected chi connectivity index (χ3v) is 2.88. The van der Waals surface area contributed by atoms with Crippen LogP contribution in [0.2, 0.25) is 0 Å². The van der Waals surface area contributed by atoms with Crippen molar-refractivity contribution in [3.63, 3.8) is 0 Å². The molecule has 0 aromatic carbocycles. The van der Waals surface area contributed by atoms with Crippen LogP contribution in [-0.4, -0.2) is 18.4 Å². The van der Waals surface area contributed by atoms with Gasteiger partial charge in [0.2, 0.25) is 0 Å². The Morgan fingerprint density at radius 1 is 1.53 bits per heavy atom. The molecule has 1 saturated heterocycles. The minimum Gasteiger partial charge on any atom is -0.381 e. The minimum absolute atomic E-state index is 0.352. The van der Waals surface area contributed by atoms with Gasteiger partial charge < -0.3 is 15.0 Å². The summed E-state index contributed by atoms with van der Waals surface area (Å²) < 4.78 is 10.8. The zero-order valence-electron chi connectivity index (χ0n) is 9.16. The summed E-state index contributed by atoms with van der Waals surface area (Å²) in [5.41, 5.74) is 6.88. The Morgan fingerprint density at radius 2 is 2.40 bits per heavy atom. The molecule has 1 fully saturated rings. The zero-order valence-corrected chi connectivity index (χ0v) is 9.16. The Labute approximate surface area is 89.8 Å². The molecule has 0 radical (unpaired) electrons. The molecule has 0 aliphatic carbocycles. The number of ether oxygens (including phenoxy) is 1. The molecule has 1 unspecified atom stereocenters. The Hall–Kier alpha value is -1.03. The molecule has 2 N–H and O–H groups in total. The van der Waals surface area contributed by atoms with Crippen LogP contribution in [0.15, 0.2) is 4.52 Å². The fourth-order valence-corrected chi connectivity index (χ4v) is 2.10. The average Bonchev–Trinajstić information content (AvgIpc) is 2.63. The molecule has 4 nitrogen and oxygen atoms in total. The summed E-state index contributed by atoms with van der Waals surface area (Å²) in [4.78, 5) is 0. The Morgan fingerprint density at radius 3 is 3.07 bits per heavy atom. The lowest BCUT2D eigenvalue weighted by Crippen LogP contribution is -2.16. The molecule has 1 aromatic heterocycles. The second-order valence-electron chi connectivity index (χ2n) is 4.07. The molecule has 15 heavy (non-hydrogen) atoms. The van der Waals surface area contributed by atoms with E-state index < -0.39 is 0 Å². The van der Waals surface area contributed by atoms with Crippen molar-refractivity contribution in [3.8, 4) is 0 Å². The van der Waals surface area contributed by atoms with Gasteiger partial charge in [0.25, 0.3) is 0 Å². The molecule has 0 amide bonds. The molecule has 0 bridgehead atoms. The third kappa shape index (κ3) is 2.15. The van der Waals surface area contributed by atoms with Crippen molar-refractivity contribution in [2.75, 3.05) is 18.9 Å². The van der Waals surface area contributed by atoms with E-state index >= 15 is 0 Å². The van der Waals surface area contributed by atoms with Gasteiger partial charge in [-0.1, -0.05) is 18.5 Å². The summed E-state index contributed by atoms with van der Waals surface area (Å²) in [5, 5.41) is 3.86. The number of nitrogens with zero attached hydrogens (tertiary/aromatic N) is 1. The lowest BCUT2D eigenvalue weighted by molar-refractivity contribution is 0.0718. The molecule has 2 heterocycles. The number of hydrogen-bond acceptors (Lipinski definition) is 4. The van der Waals surface area contributed by atoms with Crippen LogP contribution in [0.4, 0.5) is 5.82 Å². The first kappa shape index (κ1) is 10.5. The molecule has 1 aliphatic rings. The van der Waals surface area contributed by atoms with Crippen molar-refractivity contribution in [3.05, 3.63) is 11.3 Å². The van der Waals surface area contributed by atoms with Crippen LogP contribution in [0.1, 0.15) is 43.4 Å². The predicted molar refractivity (Wildman–Crippen MR) is 57.7 cm³/mol. The standard InChI is InChI=1S/C11H18N2O2/c1-2-4-9-10(15-13-11(9)12)8-5-3-6-14-7-8/h8H,2-7H2,1H3,(H2,12,13). The normalized spacial score (nSPS) is 21.8. The summed E-state index contributed by atoms with van der Waals surface area (Å²) in [6.45, 7) is 3.74. The predicted octanol–water partition coefficient (Wildman–Crippen LogP) is 2.10. The molecular weight excluding hydrogens is 192 g/mol. The van der Waals surface area contributed by atoms with Gasteiger partial charge in [-0.3, -0.25) is 0 Å². The second-order valence-corrected chi connectivity index (χ2v) is 4.07. The summed E-state index contributed by atoms with van der Waals surface area (Å²) in [7, 11) is 0. The number of nitrogens with two attached hydrogens (primary N) is 1. The number of hydrogen-bond donors (Lipinski definition) is 1.